The summed E-state index contributed by atoms with van der Waals surface area (Å²) in [6.07, 6.45) is 0. The van der Waals surface area contributed by atoms with Gasteiger partial charge in [-0.1, -0.05) is 17.7 Å². The van der Waals surface area contributed by atoms with Gasteiger partial charge in [0.2, 0.25) is 0 Å². The number of nitrogen functional groups attached to an aromatic ring is 1. The van der Waals surface area contributed by atoms with Crippen molar-refractivity contribution in [1.82, 2.24) is 0 Å². The summed E-state index contributed by atoms with van der Waals surface area (Å²) in [5.41, 5.74) is 6.42. The Kier molecular flexibility index (Phi) is 4.20. The van der Waals surface area contributed by atoms with Gasteiger partial charge in [0.15, 0.2) is 11.6 Å². The van der Waals surface area contributed by atoms with Crippen LogP contribution >= 0.6 is 11.6 Å². The average molecular weight is 298 g/mol. The number of nitrogens with two attached hydrogens (primary N) is 1. The van der Waals surface area contributed by atoms with Crippen LogP contribution in [0.15, 0.2) is 36.4 Å². The fourth-order valence-corrected chi connectivity index (χ4v) is 1.84. The van der Waals surface area contributed by atoms with Gasteiger partial charge >= 0.3 is 5.97 Å². The van der Waals surface area contributed by atoms with E-state index in [2.05, 4.69) is 0 Å². The monoisotopic (exact) mass is 297 g/mol. The number of halogens is 3. The van der Waals surface area contributed by atoms with Crippen molar-refractivity contribution >= 4 is 23.3 Å². The van der Waals surface area contributed by atoms with Gasteiger partial charge in [-0.2, -0.15) is 0 Å². The number of rotatable bonds is 3. The van der Waals surface area contributed by atoms with Crippen molar-refractivity contribution < 1.29 is 18.3 Å². The summed E-state index contributed by atoms with van der Waals surface area (Å²) in [7, 11) is 0. The highest BCUT2D eigenvalue weighted by atomic mass is 35.5. The molecule has 0 saturated heterocycles. The zero-order valence-corrected chi connectivity index (χ0v) is 11.0. The Hall–Kier alpha value is -2.14. The molecule has 0 heterocycles. The van der Waals surface area contributed by atoms with E-state index in [1.165, 1.54) is 24.3 Å². The number of anilines is 1. The lowest BCUT2D eigenvalue weighted by molar-refractivity contribution is 0.0472. The molecule has 2 aromatic rings. The summed E-state index contributed by atoms with van der Waals surface area (Å²) in [5.74, 6) is -2.60. The van der Waals surface area contributed by atoms with Crippen LogP contribution in [0.4, 0.5) is 14.5 Å². The number of esters is 1. The first-order chi connectivity index (χ1) is 9.45. The number of hydrogen-bond acceptors (Lipinski definition) is 3. The Morgan fingerprint density at radius 3 is 2.55 bits per heavy atom. The van der Waals surface area contributed by atoms with E-state index in [0.29, 0.717) is 16.3 Å². The third-order valence-electron chi connectivity index (χ3n) is 2.51. The van der Waals surface area contributed by atoms with Crippen LogP contribution in [0.2, 0.25) is 5.02 Å². The van der Waals surface area contributed by atoms with E-state index in [4.69, 9.17) is 22.1 Å². The molecule has 0 atom stereocenters. The number of ether oxygens (including phenoxy) is 1. The van der Waals surface area contributed by atoms with Crippen LogP contribution in [-0.2, 0) is 11.3 Å². The summed E-state index contributed by atoms with van der Waals surface area (Å²) in [6, 6.07) is 7.58. The van der Waals surface area contributed by atoms with Crippen molar-refractivity contribution in [3.63, 3.8) is 0 Å². The van der Waals surface area contributed by atoms with Crippen LogP contribution in [0, 0.1) is 11.6 Å². The molecular weight excluding hydrogens is 288 g/mol. The second kappa shape index (κ2) is 5.88. The van der Waals surface area contributed by atoms with Crippen LogP contribution in [0.1, 0.15) is 15.9 Å². The molecule has 0 aliphatic carbocycles. The molecule has 6 heteroatoms. The van der Waals surface area contributed by atoms with E-state index in [-0.39, 0.29) is 12.2 Å². The normalized spacial score (nSPS) is 10.3. The van der Waals surface area contributed by atoms with Crippen molar-refractivity contribution in [2.45, 2.75) is 6.61 Å². The molecule has 0 aromatic heterocycles. The Morgan fingerprint density at radius 1 is 1.15 bits per heavy atom. The van der Waals surface area contributed by atoms with Gasteiger partial charge in [0.05, 0.1) is 5.56 Å². The molecule has 20 heavy (non-hydrogen) atoms. The van der Waals surface area contributed by atoms with Gasteiger partial charge < -0.3 is 10.5 Å². The molecule has 104 valence electrons. The molecular formula is C14H10ClF2NO2. The number of carbonyl (C=O) groups is 1. The highest BCUT2D eigenvalue weighted by Gasteiger charge is 2.10. The molecule has 0 amide bonds. The minimum Gasteiger partial charge on any atom is -0.457 e. The predicted molar refractivity (Wildman–Crippen MR) is 71.3 cm³/mol. The van der Waals surface area contributed by atoms with Crippen LogP contribution < -0.4 is 5.73 Å². The third kappa shape index (κ3) is 3.45. The lowest BCUT2D eigenvalue weighted by Gasteiger charge is -2.06. The molecule has 0 unspecified atom stereocenters. The third-order valence-corrected chi connectivity index (χ3v) is 2.73. The molecule has 2 aromatic carbocycles. The lowest BCUT2D eigenvalue weighted by atomic mass is 10.2. The van der Waals surface area contributed by atoms with Gasteiger partial charge in [-0.25, -0.2) is 13.6 Å². The Morgan fingerprint density at radius 2 is 1.90 bits per heavy atom. The van der Waals surface area contributed by atoms with Gasteiger partial charge in [0.25, 0.3) is 0 Å². The average Bonchev–Trinajstić information content (AvgIpc) is 2.38. The quantitative estimate of drug-likeness (QED) is 0.696. The Balaban J connectivity index is 2.06. The molecule has 2 rings (SSSR count). The highest BCUT2D eigenvalue weighted by Crippen LogP contribution is 2.18. The molecule has 0 bridgehead atoms. The minimum atomic E-state index is -0.995. The van der Waals surface area contributed by atoms with Crippen LogP contribution in [0.3, 0.4) is 0 Å². The summed E-state index contributed by atoms with van der Waals surface area (Å²) in [4.78, 5) is 11.8. The first kappa shape index (κ1) is 14.3. The Labute approximate surface area is 118 Å². The van der Waals surface area contributed by atoms with E-state index in [0.717, 1.165) is 12.1 Å². The van der Waals surface area contributed by atoms with Crippen LogP contribution in [-0.4, -0.2) is 5.97 Å². The van der Waals surface area contributed by atoms with Gasteiger partial charge in [0.1, 0.15) is 6.61 Å². The van der Waals surface area contributed by atoms with Gasteiger partial charge in [-0.3, -0.25) is 0 Å². The number of hydrogen-bond donors (Lipinski definition) is 1. The molecule has 0 radical (unpaired) electrons. The van der Waals surface area contributed by atoms with E-state index < -0.39 is 17.6 Å². The number of benzene rings is 2. The fourth-order valence-electron chi connectivity index (χ4n) is 1.59. The summed E-state index contributed by atoms with van der Waals surface area (Å²) in [6.45, 7) is -0.178. The maximum atomic E-state index is 13.0. The topological polar surface area (TPSA) is 52.3 Å². The van der Waals surface area contributed by atoms with E-state index >= 15 is 0 Å². The molecule has 0 spiro atoms. The lowest BCUT2D eigenvalue weighted by Crippen LogP contribution is -2.06. The Bertz CT molecular complexity index is 641. The van der Waals surface area contributed by atoms with Gasteiger partial charge in [0, 0.05) is 10.7 Å². The predicted octanol–water partition coefficient (Wildman–Crippen LogP) is 3.56. The van der Waals surface area contributed by atoms with Gasteiger partial charge in [-0.05, 0) is 35.9 Å². The first-order valence-electron chi connectivity index (χ1n) is 5.63. The van der Waals surface area contributed by atoms with Crippen molar-refractivity contribution in [2.75, 3.05) is 5.73 Å². The molecule has 0 aliphatic rings. The van der Waals surface area contributed by atoms with Crippen molar-refractivity contribution in [1.29, 1.82) is 0 Å². The summed E-state index contributed by atoms with van der Waals surface area (Å²) in [5, 5.41) is 0.310. The zero-order valence-electron chi connectivity index (χ0n) is 10.2. The number of carbonyl (C=O) groups excluding carboxylic acids is 1. The molecule has 0 saturated carbocycles. The van der Waals surface area contributed by atoms with Crippen molar-refractivity contribution in [3.05, 3.63) is 64.2 Å². The van der Waals surface area contributed by atoms with Crippen molar-refractivity contribution in [2.24, 2.45) is 0 Å². The van der Waals surface area contributed by atoms with E-state index in [9.17, 15) is 13.6 Å². The minimum absolute atomic E-state index is 0.178. The van der Waals surface area contributed by atoms with Crippen LogP contribution in [0.25, 0.3) is 0 Å². The SMILES string of the molecule is Nc1cc(Cl)cc(C(=O)OCc2ccc(F)c(F)c2)c1. The zero-order chi connectivity index (χ0) is 14.7. The van der Waals surface area contributed by atoms with Crippen molar-refractivity contribution in [3.8, 4) is 0 Å². The van der Waals surface area contributed by atoms with Gasteiger partial charge in [-0.15, -0.1) is 0 Å². The van der Waals surface area contributed by atoms with E-state index in [1.807, 2.05) is 0 Å². The standard InChI is InChI=1S/C14H10ClF2NO2/c15-10-4-9(5-11(18)6-10)14(19)20-7-8-1-2-12(16)13(17)3-8/h1-6H,7,18H2. The van der Waals surface area contributed by atoms with Crippen LogP contribution in [0.5, 0.6) is 0 Å². The second-order valence-electron chi connectivity index (χ2n) is 4.10. The summed E-state index contributed by atoms with van der Waals surface area (Å²) < 4.78 is 30.7. The fraction of sp³-hybridized carbons (Fsp3) is 0.0714. The van der Waals surface area contributed by atoms with E-state index in [1.54, 1.807) is 0 Å². The summed E-state index contributed by atoms with van der Waals surface area (Å²) >= 11 is 5.77. The molecule has 2 N–H and O–H groups in total. The molecule has 0 fully saturated rings. The second-order valence-corrected chi connectivity index (χ2v) is 4.53. The maximum absolute atomic E-state index is 13.0. The largest absolute Gasteiger partial charge is 0.457 e. The highest BCUT2D eigenvalue weighted by molar-refractivity contribution is 6.31. The maximum Gasteiger partial charge on any atom is 0.338 e. The molecule has 3 nitrogen and oxygen atoms in total. The first-order valence-corrected chi connectivity index (χ1v) is 6.00. The molecule has 0 aliphatic heterocycles. The smallest absolute Gasteiger partial charge is 0.338 e.